The SMILES string of the molecule is C[C@H](NCc1ncnn1C)c1cccc(Cl)c1. The maximum atomic E-state index is 5.96. The van der Waals surface area contributed by atoms with Crippen LogP contribution in [-0.2, 0) is 13.6 Å². The zero-order valence-corrected chi connectivity index (χ0v) is 10.6. The molecule has 4 nitrogen and oxygen atoms in total. The van der Waals surface area contributed by atoms with E-state index in [-0.39, 0.29) is 6.04 Å². The molecule has 1 heterocycles. The predicted molar refractivity (Wildman–Crippen MR) is 67.7 cm³/mol. The number of hydrogen-bond acceptors (Lipinski definition) is 3. The van der Waals surface area contributed by atoms with Crippen LogP contribution in [-0.4, -0.2) is 14.8 Å². The van der Waals surface area contributed by atoms with Gasteiger partial charge in [-0.1, -0.05) is 23.7 Å². The molecular formula is C12H15ClN4. The van der Waals surface area contributed by atoms with E-state index in [1.165, 1.54) is 5.56 Å². The van der Waals surface area contributed by atoms with Crippen molar-refractivity contribution >= 4 is 11.6 Å². The van der Waals surface area contributed by atoms with Crippen LogP contribution < -0.4 is 5.32 Å². The zero-order valence-electron chi connectivity index (χ0n) is 9.89. The zero-order chi connectivity index (χ0) is 12.3. The van der Waals surface area contributed by atoms with Gasteiger partial charge in [0.25, 0.3) is 0 Å². The van der Waals surface area contributed by atoms with E-state index in [4.69, 9.17) is 11.6 Å². The number of hydrogen-bond donors (Lipinski definition) is 1. The van der Waals surface area contributed by atoms with Crippen molar-refractivity contribution in [1.82, 2.24) is 20.1 Å². The largest absolute Gasteiger partial charge is 0.303 e. The highest BCUT2D eigenvalue weighted by atomic mass is 35.5. The van der Waals surface area contributed by atoms with Gasteiger partial charge < -0.3 is 5.32 Å². The summed E-state index contributed by atoms with van der Waals surface area (Å²) in [5, 5.41) is 8.17. The van der Waals surface area contributed by atoms with Crippen LogP contribution in [0.25, 0.3) is 0 Å². The van der Waals surface area contributed by atoms with E-state index < -0.39 is 0 Å². The number of aryl methyl sites for hydroxylation is 1. The van der Waals surface area contributed by atoms with Crippen molar-refractivity contribution < 1.29 is 0 Å². The lowest BCUT2D eigenvalue weighted by atomic mass is 10.1. The number of nitrogens with one attached hydrogen (secondary N) is 1. The summed E-state index contributed by atoms with van der Waals surface area (Å²) >= 11 is 5.96. The molecule has 0 bridgehead atoms. The maximum Gasteiger partial charge on any atom is 0.140 e. The van der Waals surface area contributed by atoms with E-state index in [0.717, 1.165) is 10.8 Å². The molecule has 17 heavy (non-hydrogen) atoms. The molecule has 0 aliphatic carbocycles. The fourth-order valence-corrected chi connectivity index (χ4v) is 1.82. The molecule has 5 heteroatoms. The van der Waals surface area contributed by atoms with Gasteiger partial charge in [-0.15, -0.1) is 0 Å². The Morgan fingerprint density at radius 2 is 2.29 bits per heavy atom. The second-order valence-corrected chi connectivity index (χ2v) is 4.39. The smallest absolute Gasteiger partial charge is 0.140 e. The van der Waals surface area contributed by atoms with Crippen LogP contribution in [0.15, 0.2) is 30.6 Å². The molecule has 1 aromatic carbocycles. The Hall–Kier alpha value is -1.39. The first-order chi connectivity index (χ1) is 8.16. The van der Waals surface area contributed by atoms with Crippen molar-refractivity contribution in [2.24, 2.45) is 7.05 Å². The first-order valence-corrected chi connectivity index (χ1v) is 5.86. The maximum absolute atomic E-state index is 5.96. The van der Waals surface area contributed by atoms with Gasteiger partial charge in [0.15, 0.2) is 0 Å². The number of nitrogens with zero attached hydrogens (tertiary/aromatic N) is 3. The first-order valence-electron chi connectivity index (χ1n) is 5.48. The predicted octanol–water partition coefficient (Wildman–Crippen LogP) is 2.32. The second kappa shape index (κ2) is 5.29. The highest BCUT2D eigenvalue weighted by Gasteiger charge is 2.07. The quantitative estimate of drug-likeness (QED) is 0.906. The monoisotopic (exact) mass is 250 g/mol. The molecule has 0 aliphatic rings. The Labute approximate surface area is 106 Å². The Morgan fingerprint density at radius 3 is 2.94 bits per heavy atom. The lowest BCUT2D eigenvalue weighted by Gasteiger charge is -2.14. The van der Waals surface area contributed by atoms with E-state index >= 15 is 0 Å². The van der Waals surface area contributed by atoms with E-state index in [0.29, 0.717) is 6.54 Å². The molecular weight excluding hydrogens is 236 g/mol. The molecule has 0 saturated carbocycles. The van der Waals surface area contributed by atoms with Crippen LogP contribution in [0.2, 0.25) is 5.02 Å². The van der Waals surface area contributed by atoms with Crippen molar-refractivity contribution in [1.29, 1.82) is 0 Å². The van der Waals surface area contributed by atoms with E-state index in [9.17, 15) is 0 Å². The normalized spacial score (nSPS) is 12.6. The molecule has 2 rings (SSSR count). The Bertz CT molecular complexity index is 495. The van der Waals surface area contributed by atoms with Gasteiger partial charge >= 0.3 is 0 Å². The van der Waals surface area contributed by atoms with Gasteiger partial charge in [0.05, 0.1) is 6.54 Å². The van der Waals surface area contributed by atoms with Crippen LogP contribution in [0.1, 0.15) is 24.4 Å². The Kier molecular flexibility index (Phi) is 3.76. The van der Waals surface area contributed by atoms with Gasteiger partial charge in [-0.05, 0) is 24.6 Å². The fourth-order valence-electron chi connectivity index (χ4n) is 1.62. The van der Waals surface area contributed by atoms with Crippen molar-refractivity contribution in [2.75, 3.05) is 0 Å². The standard InChI is InChI=1S/C12H15ClN4/c1-9(10-4-3-5-11(13)6-10)14-7-12-15-8-16-17(12)2/h3-6,8-9,14H,7H2,1-2H3/t9-/m0/s1. The third kappa shape index (κ3) is 3.05. The molecule has 0 unspecified atom stereocenters. The Morgan fingerprint density at radius 1 is 1.47 bits per heavy atom. The van der Waals surface area contributed by atoms with Crippen molar-refractivity contribution in [3.05, 3.63) is 47.0 Å². The summed E-state index contributed by atoms with van der Waals surface area (Å²) in [5.74, 6) is 0.916. The van der Waals surface area contributed by atoms with Crippen LogP contribution >= 0.6 is 11.6 Å². The highest BCUT2D eigenvalue weighted by Crippen LogP contribution is 2.17. The van der Waals surface area contributed by atoms with Crippen LogP contribution in [0, 0.1) is 0 Å². The second-order valence-electron chi connectivity index (χ2n) is 3.96. The molecule has 0 radical (unpaired) electrons. The van der Waals surface area contributed by atoms with Crippen LogP contribution in [0.5, 0.6) is 0 Å². The minimum absolute atomic E-state index is 0.227. The summed E-state index contributed by atoms with van der Waals surface area (Å²) in [4.78, 5) is 4.16. The van der Waals surface area contributed by atoms with Gasteiger partial charge in [0.1, 0.15) is 12.2 Å². The summed E-state index contributed by atoms with van der Waals surface area (Å²) in [5.41, 5.74) is 1.17. The lowest BCUT2D eigenvalue weighted by molar-refractivity contribution is 0.540. The number of rotatable bonds is 4. The molecule has 90 valence electrons. The first kappa shape index (κ1) is 12.1. The van der Waals surface area contributed by atoms with Gasteiger partial charge in [0.2, 0.25) is 0 Å². The van der Waals surface area contributed by atoms with Crippen molar-refractivity contribution in [3.8, 4) is 0 Å². The van der Waals surface area contributed by atoms with Gasteiger partial charge in [-0.2, -0.15) is 5.10 Å². The number of benzene rings is 1. The third-order valence-electron chi connectivity index (χ3n) is 2.72. The summed E-state index contributed by atoms with van der Waals surface area (Å²) < 4.78 is 1.76. The average Bonchev–Trinajstić information content (AvgIpc) is 2.72. The summed E-state index contributed by atoms with van der Waals surface area (Å²) in [7, 11) is 1.88. The van der Waals surface area contributed by atoms with E-state index in [1.54, 1.807) is 11.0 Å². The molecule has 1 atom stereocenters. The lowest BCUT2D eigenvalue weighted by Crippen LogP contribution is -2.20. The third-order valence-corrected chi connectivity index (χ3v) is 2.96. The van der Waals surface area contributed by atoms with Gasteiger partial charge in [0, 0.05) is 18.1 Å². The minimum Gasteiger partial charge on any atom is -0.303 e. The molecule has 1 aromatic heterocycles. The van der Waals surface area contributed by atoms with E-state index in [1.807, 2.05) is 25.2 Å². The highest BCUT2D eigenvalue weighted by molar-refractivity contribution is 6.30. The summed E-state index contributed by atoms with van der Waals surface area (Å²) in [6.07, 6.45) is 1.56. The number of halogens is 1. The molecule has 2 aromatic rings. The van der Waals surface area contributed by atoms with Gasteiger partial charge in [-0.25, -0.2) is 4.98 Å². The number of aromatic nitrogens is 3. The molecule has 0 fully saturated rings. The summed E-state index contributed by atoms with van der Waals surface area (Å²) in [6, 6.07) is 8.08. The van der Waals surface area contributed by atoms with Crippen LogP contribution in [0.4, 0.5) is 0 Å². The van der Waals surface area contributed by atoms with Crippen molar-refractivity contribution in [2.45, 2.75) is 19.5 Å². The van der Waals surface area contributed by atoms with Gasteiger partial charge in [-0.3, -0.25) is 4.68 Å². The molecule has 0 saturated heterocycles. The summed E-state index contributed by atoms with van der Waals surface area (Å²) in [6.45, 7) is 2.78. The Balaban J connectivity index is 1.98. The molecule has 1 N–H and O–H groups in total. The molecule has 0 aliphatic heterocycles. The van der Waals surface area contributed by atoms with E-state index in [2.05, 4.69) is 28.4 Å². The minimum atomic E-state index is 0.227. The fraction of sp³-hybridized carbons (Fsp3) is 0.333. The topological polar surface area (TPSA) is 42.7 Å². The van der Waals surface area contributed by atoms with Crippen LogP contribution in [0.3, 0.4) is 0 Å². The van der Waals surface area contributed by atoms with Crippen molar-refractivity contribution in [3.63, 3.8) is 0 Å². The average molecular weight is 251 g/mol. The molecule has 0 amide bonds. The molecule has 0 spiro atoms.